The fourth-order valence-corrected chi connectivity index (χ4v) is 4.86. The van der Waals surface area contributed by atoms with Crippen molar-refractivity contribution in [3.63, 3.8) is 0 Å². The number of benzene rings is 2. The Morgan fingerprint density at radius 3 is 2.45 bits per heavy atom. The molecular formula is C26H24N4O2S. The maximum absolute atomic E-state index is 13.5. The molecule has 5 rings (SSSR count). The number of aromatic nitrogens is 1. The lowest BCUT2D eigenvalue weighted by molar-refractivity contribution is 0.0711. The third-order valence-corrected chi connectivity index (χ3v) is 6.76. The van der Waals surface area contributed by atoms with Crippen molar-refractivity contribution in [3.05, 3.63) is 83.7 Å². The number of pyridine rings is 1. The summed E-state index contributed by atoms with van der Waals surface area (Å²) in [5, 5.41) is 8.76. The van der Waals surface area contributed by atoms with Gasteiger partial charge in [0.05, 0.1) is 21.7 Å². The summed E-state index contributed by atoms with van der Waals surface area (Å²) in [4.78, 5) is 33.5. The Kier molecular flexibility index (Phi) is 6.04. The van der Waals surface area contributed by atoms with Crippen molar-refractivity contribution in [2.24, 2.45) is 0 Å². The molecule has 4 aromatic rings. The smallest absolute Gasteiger partial charge is 0.319 e. The Morgan fingerprint density at radius 2 is 1.70 bits per heavy atom. The molecule has 0 radical (unpaired) electrons. The number of carbonyl (C=O) groups excluding carboxylic acids is 2. The van der Waals surface area contributed by atoms with Crippen LogP contribution in [0.1, 0.15) is 23.2 Å². The van der Waals surface area contributed by atoms with Gasteiger partial charge in [0.15, 0.2) is 0 Å². The zero-order valence-corrected chi connectivity index (χ0v) is 18.8. The van der Waals surface area contributed by atoms with Crippen molar-refractivity contribution in [1.29, 1.82) is 0 Å². The van der Waals surface area contributed by atoms with Crippen LogP contribution in [0.2, 0.25) is 0 Å². The van der Waals surface area contributed by atoms with Gasteiger partial charge in [0.25, 0.3) is 5.91 Å². The summed E-state index contributed by atoms with van der Waals surface area (Å²) in [5.41, 5.74) is 3.08. The third kappa shape index (κ3) is 4.73. The SMILES string of the molecule is O=C(Nc1ccccc1)NC1CCN(C(=O)c2cc(-c3cccs3)nc3ccccc23)CC1. The number of thiophene rings is 1. The fraction of sp³-hybridized carbons (Fsp3) is 0.192. The van der Waals surface area contributed by atoms with Crippen LogP contribution >= 0.6 is 11.3 Å². The van der Waals surface area contributed by atoms with Crippen LogP contribution < -0.4 is 10.6 Å². The maximum atomic E-state index is 13.5. The first-order valence-electron chi connectivity index (χ1n) is 11.0. The Morgan fingerprint density at radius 1 is 0.939 bits per heavy atom. The number of hydrogen-bond donors (Lipinski definition) is 2. The second kappa shape index (κ2) is 9.42. The third-order valence-electron chi connectivity index (χ3n) is 5.87. The van der Waals surface area contributed by atoms with E-state index in [-0.39, 0.29) is 18.0 Å². The molecule has 0 atom stereocenters. The van der Waals surface area contributed by atoms with Crippen LogP contribution in [0, 0.1) is 0 Å². The Bertz CT molecular complexity index is 1270. The molecule has 1 aliphatic heterocycles. The fourth-order valence-electron chi connectivity index (χ4n) is 4.17. The first kappa shape index (κ1) is 21.2. The minimum atomic E-state index is -0.216. The summed E-state index contributed by atoms with van der Waals surface area (Å²) in [6, 6.07) is 22.9. The van der Waals surface area contributed by atoms with E-state index in [9.17, 15) is 9.59 Å². The number of carbonyl (C=O) groups is 2. The molecule has 0 aliphatic carbocycles. The van der Waals surface area contributed by atoms with Gasteiger partial charge in [-0.25, -0.2) is 9.78 Å². The highest BCUT2D eigenvalue weighted by Gasteiger charge is 2.26. The summed E-state index contributed by atoms with van der Waals surface area (Å²) >= 11 is 1.61. The van der Waals surface area contributed by atoms with Gasteiger partial charge in [-0.1, -0.05) is 42.5 Å². The number of nitrogens with zero attached hydrogens (tertiary/aromatic N) is 2. The highest BCUT2D eigenvalue weighted by molar-refractivity contribution is 7.13. The molecule has 7 heteroatoms. The zero-order valence-electron chi connectivity index (χ0n) is 18.0. The minimum absolute atomic E-state index is 0.0126. The number of amides is 3. The van der Waals surface area contributed by atoms with Crippen LogP contribution in [0.4, 0.5) is 10.5 Å². The second-order valence-corrected chi connectivity index (χ2v) is 9.03. The minimum Gasteiger partial charge on any atom is -0.338 e. The first-order chi connectivity index (χ1) is 16.2. The van der Waals surface area contributed by atoms with Crippen molar-refractivity contribution in [1.82, 2.24) is 15.2 Å². The lowest BCUT2D eigenvalue weighted by Crippen LogP contribution is -2.47. The number of hydrogen-bond acceptors (Lipinski definition) is 4. The van der Waals surface area contributed by atoms with E-state index < -0.39 is 0 Å². The average molecular weight is 457 g/mol. The van der Waals surface area contributed by atoms with E-state index in [0.717, 1.165) is 40.0 Å². The van der Waals surface area contributed by atoms with Crippen molar-refractivity contribution < 1.29 is 9.59 Å². The molecule has 2 aromatic heterocycles. The summed E-state index contributed by atoms with van der Waals surface area (Å²) in [6.45, 7) is 1.19. The number of piperidine rings is 1. The van der Waals surface area contributed by atoms with Crippen LogP contribution in [0.5, 0.6) is 0 Å². The molecule has 3 amide bonds. The molecule has 2 aromatic carbocycles. The zero-order chi connectivity index (χ0) is 22.6. The number of nitrogens with one attached hydrogen (secondary N) is 2. The molecule has 1 fully saturated rings. The number of fused-ring (bicyclic) bond motifs is 1. The molecular weight excluding hydrogens is 432 g/mol. The molecule has 0 spiro atoms. The predicted molar refractivity (Wildman–Crippen MR) is 133 cm³/mol. The molecule has 33 heavy (non-hydrogen) atoms. The van der Waals surface area contributed by atoms with E-state index >= 15 is 0 Å². The average Bonchev–Trinajstić information content (AvgIpc) is 3.39. The van der Waals surface area contributed by atoms with Crippen LogP contribution in [-0.4, -0.2) is 41.0 Å². The Balaban J connectivity index is 1.28. The second-order valence-electron chi connectivity index (χ2n) is 8.08. The lowest BCUT2D eigenvalue weighted by atomic mass is 10.0. The molecule has 6 nitrogen and oxygen atoms in total. The van der Waals surface area contributed by atoms with E-state index in [1.807, 2.05) is 83.1 Å². The monoisotopic (exact) mass is 456 g/mol. The summed E-state index contributed by atoms with van der Waals surface area (Å²) in [5.74, 6) is 0.0126. The van der Waals surface area contributed by atoms with Gasteiger partial charge in [-0.15, -0.1) is 11.3 Å². The molecule has 1 saturated heterocycles. The topological polar surface area (TPSA) is 74.3 Å². The quantitative estimate of drug-likeness (QED) is 0.432. The first-order valence-corrected chi connectivity index (χ1v) is 11.9. The van der Waals surface area contributed by atoms with Crippen molar-refractivity contribution in [3.8, 4) is 10.6 Å². The van der Waals surface area contributed by atoms with Crippen molar-refractivity contribution in [2.45, 2.75) is 18.9 Å². The predicted octanol–water partition coefficient (Wildman–Crippen LogP) is 5.39. The van der Waals surface area contributed by atoms with Crippen molar-refractivity contribution >= 4 is 39.9 Å². The van der Waals surface area contributed by atoms with E-state index in [1.165, 1.54) is 0 Å². The Hall–Kier alpha value is -3.71. The van der Waals surface area contributed by atoms with E-state index in [0.29, 0.717) is 18.7 Å². The van der Waals surface area contributed by atoms with Crippen LogP contribution in [0.25, 0.3) is 21.5 Å². The molecule has 0 unspecified atom stereocenters. The summed E-state index contributed by atoms with van der Waals surface area (Å²) in [7, 11) is 0. The highest BCUT2D eigenvalue weighted by Crippen LogP contribution is 2.29. The summed E-state index contributed by atoms with van der Waals surface area (Å²) in [6.07, 6.45) is 1.43. The normalized spacial score (nSPS) is 14.2. The highest BCUT2D eigenvalue weighted by atomic mass is 32.1. The van der Waals surface area contributed by atoms with Crippen LogP contribution in [-0.2, 0) is 0 Å². The molecule has 3 heterocycles. The van der Waals surface area contributed by atoms with Gasteiger partial charge >= 0.3 is 6.03 Å². The van der Waals surface area contributed by atoms with Gasteiger partial charge in [0, 0.05) is 30.2 Å². The van der Waals surface area contributed by atoms with Gasteiger partial charge in [0.1, 0.15) is 0 Å². The van der Waals surface area contributed by atoms with Gasteiger partial charge in [-0.3, -0.25) is 4.79 Å². The number of para-hydroxylation sites is 2. The van der Waals surface area contributed by atoms with Crippen LogP contribution in [0.3, 0.4) is 0 Å². The van der Waals surface area contributed by atoms with Gasteiger partial charge in [-0.05, 0) is 48.6 Å². The molecule has 2 N–H and O–H groups in total. The van der Waals surface area contributed by atoms with Gasteiger partial charge in [0.2, 0.25) is 0 Å². The Labute approximate surface area is 196 Å². The number of anilines is 1. The maximum Gasteiger partial charge on any atom is 0.319 e. The van der Waals surface area contributed by atoms with Gasteiger partial charge in [-0.2, -0.15) is 0 Å². The molecule has 0 saturated carbocycles. The number of likely N-dealkylation sites (tertiary alicyclic amines) is 1. The van der Waals surface area contributed by atoms with E-state index in [2.05, 4.69) is 10.6 Å². The number of urea groups is 1. The molecule has 0 bridgehead atoms. The molecule has 1 aliphatic rings. The lowest BCUT2D eigenvalue weighted by Gasteiger charge is -2.32. The van der Waals surface area contributed by atoms with Crippen molar-refractivity contribution in [2.75, 3.05) is 18.4 Å². The largest absolute Gasteiger partial charge is 0.338 e. The number of rotatable bonds is 4. The van der Waals surface area contributed by atoms with E-state index in [1.54, 1.807) is 11.3 Å². The van der Waals surface area contributed by atoms with Gasteiger partial charge < -0.3 is 15.5 Å². The van der Waals surface area contributed by atoms with E-state index in [4.69, 9.17) is 4.98 Å². The van der Waals surface area contributed by atoms with Crippen LogP contribution in [0.15, 0.2) is 78.2 Å². The standard InChI is InChI=1S/C26H24N4O2S/c31-25(21-17-23(24-11-6-16-33-24)29-22-10-5-4-9-20(21)22)30-14-12-19(13-15-30)28-26(32)27-18-7-2-1-3-8-18/h1-11,16-17,19H,12-15H2,(H2,27,28,32). The molecule has 166 valence electrons. The summed E-state index contributed by atoms with van der Waals surface area (Å²) < 4.78 is 0.